The summed E-state index contributed by atoms with van der Waals surface area (Å²) in [6.07, 6.45) is 0.929. The molecule has 106 valence electrons. The van der Waals surface area contributed by atoms with Gasteiger partial charge in [0.1, 0.15) is 5.38 Å². The molecule has 1 aromatic carbocycles. The minimum absolute atomic E-state index is 0.125. The highest BCUT2D eigenvalue weighted by atomic mass is 35.5. The van der Waals surface area contributed by atoms with Gasteiger partial charge in [-0.3, -0.25) is 4.79 Å². The molecule has 0 spiro atoms. The predicted molar refractivity (Wildman–Crippen MR) is 80.4 cm³/mol. The summed E-state index contributed by atoms with van der Waals surface area (Å²) in [6, 6.07) is 9.94. The second-order valence-corrected chi connectivity index (χ2v) is 5.43. The van der Waals surface area contributed by atoms with Gasteiger partial charge < -0.3 is 10.2 Å². The molecule has 4 heteroatoms. The molecule has 1 rings (SSSR count). The van der Waals surface area contributed by atoms with Gasteiger partial charge in [0.2, 0.25) is 5.91 Å². The lowest BCUT2D eigenvalue weighted by Gasteiger charge is -2.20. The van der Waals surface area contributed by atoms with Crippen molar-refractivity contribution in [2.75, 3.05) is 20.1 Å². The van der Waals surface area contributed by atoms with Crippen LogP contribution >= 0.6 is 11.6 Å². The number of amides is 1. The molecular formula is C15H23ClN2O. The van der Waals surface area contributed by atoms with E-state index in [1.54, 1.807) is 0 Å². The summed E-state index contributed by atoms with van der Waals surface area (Å²) in [4.78, 5) is 14.1. The third kappa shape index (κ3) is 5.62. The van der Waals surface area contributed by atoms with Crippen molar-refractivity contribution >= 4 is 17.5 Å². The van der Waals surface area contributed by atoms with Gasteiger partial charge in [0.05, 0.1) is 0 Å². The van der Waals surface area contributed by atoms with Crippen LogP contribution in [0.1, 0.15) is 31.2 Å². The molecule has 0 bridgehead atoms. The molecule has 1 N–H and O–H groups in total. The lowest BCUT2D eigenvalue weighted by atomic mass is 10.1. The fourth-order valence-electron chi connectivity index (χ4n) is 1.66. The molecule has 3 nitrogen and oxygen atoms in total. The first kappa shape index (κ1) is 16.0. The van der Waals surface area contributed by atoms with Gasteiger partial charge in [-0.05, 0) is 39.4 Å². The van der Waals surface area contributed by atoms with E-state index in [-0.39, 0.29) is 5.91 Å². The van der Waals surface area contributed by atoms with E-state index in [0.29, 0.717) is 12.6 Å². The number of carbonyl (C=O) groups excluding carboxylic acids is 1. The first-order valence-corrected chi connectivity index (χ1v) is 7.13. The van der Waals surface area contributed by atoms with Gasteiger partial charge in [-0.2, -0.15) is 0 Å². The van der Waals surface area contributed by atoms with Crippen molar-refractivity contribution in [2.45, 2.75) is 31.7 Å². The van der Waals surface area contributed by atoms with Gasteiger partial charge in [0, 0.05) is 12.6 Å². The maximum Gasteiger partial charge on any atom is 0.242 e. The van der Waals surface area contributed by atoms with Crippen molar-refractivity contribution in [2.24, 2.45) is 0 Å². The van der Waals surface area contributed by atoms with E-state index in [0.717, 1.165) is 18.5 Å². The van der Waals surface area contributed by atoms with Crippen LogP contribution in [-0.2, 0) is 4.79 Å². The van der Waals surface area contributed by atoms with E-state index in [9.17, 15) is 4.79 Å². The van der Waals surface area contributed by atoms with E-state index < -0.39 is 5.38 Å². The number of nitrogens with one attached hydrogen (secondary N) is 1. The Morgan fingerprint density at radius 2 is 1.95 bits per heavy atom. The highest BCUT2D eigenvalue weighted by Crippen LogP contribution is 2.19. The van der Waals surface area contributed by atoms with Gasteiger partial charge in [-0.1, -0.05) is 30.3 Å². The summed E-state index contributed by atoms with van der Waals surface area (Å²) in [7, 11) is 2.08. The van der Waals surface area contributed by atoms with Crippen molar-refractivity contribution in [1.82, 2.24) is 10.2 Å². The van der Waals surface area contributed by atoms with Crippen LogP contribution in [0.5, 0.6) is 0 Å². The van der Waals surface area contributed by atoms with Crippen molar-refractivity contribution in [1.29, 1.82) is 0 Å². The van der Waals surface area contributed by atoms with Crippen LogP contribution in [0.2, 0.25) is 0 Å². The summed E-state index contributed by atoms with van der Waals surface area (Å²) in [5.41, 5.74) is 0.834. The molecule has 0 heterocycles. The Kier molecular flexibility index (Phi) is 6.89. The Balaban J connectivity index is 2.28. The number of rotatable bonds is 7. The van der Waals surface area contributed by atoms with Crippen LogP contribution in [0.25, 0.3) is 0 Å². The Hall–Kier alpha value is -1.06. The van der Waals surface area contributed by atoms with E-state index in [1.165, 1.54) is 0 Å². The molecule has 0 radical (unpaired) electrons. The normalized spacial score (nSPS) is 12.7. The van der Waals surface area contributed by atoms with Crippen LogP contribution in [0.15, 0.2) is 30.3 Å². The number of hydrogen-bond donors (Lipinski definition) is 1. The number of nitrogens with zero attached hydrogens (tertiary/aromatic N) is 1. The largest absolute Gasteiger partial charge is 0.354 e. The minimum atomic E-state index is -0.607. The van der Waals surface area contributed by atoms with Crippen molar-refractivity contribution in [3.05, 3.63) is 35.9 Å². The van der Waals surface area contributed by atoms with Gasteiger partial charge in [0.15, 0.2) is 0 Å². The van der Waals surface area contributed by atoms with Crippen LogP contribution < -0.4 is 5.32 Å². The highest BCUT2D eigenvalue weighted by molar-refractivity contribution is 6.30. The van der Waals surface area contributed by atoms with Crippen LogP contribution in [0, 0.1) is 0 Å². The Labute approximate surface area is 120 Å². The second-order valence-electron chi connectivity index (χ2n) is 4.99. The quantitative estimate of drug-likeness (QED) is 0.616. The van der Waals surface area contributed by atoms with E-state index in [2.05, 4.69) is 31.1 Å². The maximum absolute atomic E-state index is 11.9. The van der Waals surface area contributed by atoms with E-state index >= 15 is 0 Å². The number of alkyl halides is 1. The third-order valence-electron chi connectivity index (χ3n) is 3.19. The minimum Gasteiger partial charge on any atom is -0.354 e. The summed E-state index contributed by atoms with van der Waals surface area (Å²) in [5.74, 6) is -0.125. The molecule has 1 aromatic rings. The molecule has 1 amide bonds. The first-order valence-electron chi connectivity index (χ1n) is 6.69. The molecule has 0 saturated carbocycles. The topological polar surface area (TPSA) is 32.3 Å². The maximum atomic E-state index is 11.9. The first-order chi connectivity index (χ1) is 9.02. The number of hydrogen-bond acceptors (Lipinski definition) is 2. The lowest BCUT2D eigenvalue weighted by molar-refractivity contribution is -0.120. The molecular weight excluding hydrogens is 260 g/mol. The zero-order valence-corrected chi connectivity index (χ0v) is 12.7. The third-order valence-corrected chi connectivity index (χ3v) is 3.64. The fraction of sp³-hybridized carbons (Fsp3) is 0.533. The molecule has 1 atom stereocenters. The summed E-state index contributed by atoms with van der Waals surface area (Å²) >= 11 is 6.13. The van der Waals surface area contributed by atoms with Crippen molar-refractivity contribution in [3.8, 4) is 0 Å². The monoisotopic (exact) mass is 282 g/mol. The van der Waals surface area contributed by atoms with Gasteiger partial charge in [-0.25, -0.2) is 0 Å². The molecule has 0 aliphatic carbocycles. The molecule has 1 unspecified atom stereocenters. The van der Waals surface area contributed by atoms with Crippen molar-refractivity contribution < 1.29 is 4.79 Å². The summed E-state index contributed by atoms with van der Waals surface area (Å²) < 4.78 is 0. The van der Waals surface area contributed by atoms with Crippen LogP contribution in [0.4, 0.5) is 0 Å². The van der Waals surface area contributed by atoms with Crippen LogP contribution in [-0.4, -0.2) is 37.0 Å². The molecule has 0 saturated heterocycles. The summed E-state index contributed by atoms with van der Waals surface area (Å²) in [5, 5.41) is 2.27. The van der Waals surface area contributed by atoms with Crippen LogP contribution in [0.3, 0.4) is 0 Å². The number of halogens is 1. The second kappa shape index (κ2) is 8.18. The van der Waals surface area contributed by atoms with E-state index in [4.69, 9.17) is 11.6 Å². The average Bonchev–Trinajstić information content (AvgIpc) is 2.43. The molecule has 19 heavy (non-hydrogen) atoms. The zero-order valence-electron chi connectivity index (χ0n) is 11.9. The zero-order chi connectivity index (χ0) is 14.3. The van der Waals surface area contributed by atoms with Gasteiger partial charge in [-0.15, -0.1) is 11.6 Å². The highest BCUT2D eigenvalue weighted by Gasteiger charge is 2.16. The van der Waals surface area contributed by atoms with Gasteiger partial charge in [0.25, 0.3) is 0 Å². The SMILES string of the molecule is CC(C)N(C)CCCNC(=O)C(Cl)c1ccccc1. The summed E-state index contributed by atoms with van der Waals surface area (Å²) in [6.45, 7) is 5.94. The molecule has 0 aliphatic rings. The molecule has 0 fully saturated rings. The average molecular weight is 283 g/mol. The number of benzene rings is 1. The lowest BCUT2D eigenvalue weighted by Crippen LogP contribution is -2.32. The predicted octanol–water partition coefficient (Wildman–Crippen LogP) is 2.81. The number of carbonyl (C=O) groups is 1. The van der Waals surface area contributed by atoms with E-state index in [1.807, 2.05) is 30.3 Å². The van der Waals surface area contributed by atoms with Gasteiger partial charge >= 0.3 is 0 Å². The Bertz CT molecular complexity index is 381. The fourth-order valence-corrected chi connectivity index (χ4v) is 1.88. The standard InChI is InChI=1S/C15H23ClN2O/c1-12(2)18(3)11-7-10-17-15(19)14(16)13-8-5-4-6-9-13/h4-6,8-9,12,14H,7,10-11H2,1-3H3,(H,17,19). The smallest absolute Gasteiger partial charge is 0.242 e. The Morgan fingerprint density at radius 1 is 1.32 bits per heavy atom. The molecule has 0 aromatic heterocycles. The Morgan fingerprint density at radius 3 is 2.53 bits per heavy atom. The van der Waals surface area contributed by atoms with Crippen molar-refractivity contribution in [3.63, 3.8) is 0 Å². The molecule has 0 aliphatic heterocycles.